The quantitative estimate of drug-likeness (QED) is 0.694. The SMILES string of the molecule is CCNC1COCC1C(=O)NCCC1CC1. The molecule has 2 rings (SSSR count). The number of amides is 1. The van der Waals surface area contributed by atoms with Crippen molar-refractivity contribution in [3.05, 3.63) is 0 Å². The Kier molecular flexibility index (Phi) is 4.18. The van der Waals surface area contributed by atoms with E-state index in [1.54, 1.807) is 0 Å². The summed E-state index contributed by atoms with van der Waals surface area (Å²) in [6.07, 6.45) is 3.84. The Morgan fingerprint density at radius 3 is 2.88 bits per heavy atom. The first kappa shape index (κ1) is 11.9. The molecule has 1 aliphatic carbocycles. The van der Waals surface area contributed by atoms with Crippen LogP contribution in [0.3, 0.4) is 0 Å². The van der Waals surface area contributed by atoms with Crippen molar-refractivity contribution in [2.24, 2.45) is 11.8 Å². The Hall–Kier alpha value is -0.610. The van der Waals surface area contributed by atoms with Gasteiger partial charge in [-0.3, -0.25) is 4.79 Å². The molecule has 16 heavy (non-hydrogen) atoms. The molecule has 4 nitrogen and oxygen atoms in total. The van der Waals surface area contributed by atoms with Crippen molar-refractivity contribution in [3.63, 3.8) is 0 Å². The molecular weight excluding hydrogens is 204 g/mol. The van der Waals surface area contributed by atoms with Crippen LogP contribution in [-0.2, 0) is 9.53 Å². The van der Waals surface area contributed by atoms with Crippen molar-refractivity contribution in [3.8, 4) is 0 Å². The van der Waals surface area contributed by atoms with Gasteiger partial charge in [-0.15, -0.1) is 0 Å². The first-order chi connectivity index (χ1) is 7.81. The summed E-state index contributed by atoms with van der Waals surface area (Å²) in [5.41, 5.74) is 0. The molecule has 2 aliphatic rings. The lowest BCUT2D eigenvalue weighted by Crippen LogP contribution is -2.44. The maximum absolute atomic E-state index is 11.9. The first-order valence-corrected chi connectivity index (χ1v) is 6.40. The number of rotatable bonds is 6. The van der Waals surface area contributed by atoms with Gasteiger partial charge in [0.25, 0.3) is 0 Å². The Balaban J connectivity index is 1.69. The van der Waals surface area contributed by atoms with Crippen molar-refractivity contribution in [1.82, 2.24) is 10.6 Å². The van der Waals surface area contributed by atoms with Gasteiger partial charge in [-0.1, -0.05) is 19.8 Å². The second kappa shape index (κ2) is 5.64. The summed E-state index contributed by atoms with van der Waals surface area (Å²) < 4.78 is 5.36. The van der Waals surface area contributed by atoms with Gasteiger partial charge in [0.1, 0.15) is 0 Å². The molecule has 1 heterocycles. The van der Waals surface area contributed by atoms with E-state index >= 15 is 0 Å². The monoisotopic (exact) mass is 226 g/mol. The summed E-state index contributed by atoms with van der Waals surface area (Å²) in [5.74, 6) is 1.04. The van der Waals surface area contributed by atoms with E-state index in [0.717, 1.165) is 25.4 Å². The average molecular weight is 226 g/mol. The van der Waals surface area contributed by atoms with Gasteiger partial charge in [-0.05, 0) is 18.9 Å². The molecule has 1 saturated heterocycles. The largest absolute Gasteiger partial charge is 0.379 e. The van der Waals surface area contributed by atoms with Crippen LogP contribution in [0, 0.1) is 11.8 Å². The van der Waals surface area contributed by atoms with Crippen molar-refractivity contribution < 1.29 is 9.53 Å². The standard InChI is InChI=1S/C12H22N2O2/c1-2-13-11-8-16-7-10(11)12(15)14-6-5-9-3-4-9/h9-11,13H,2-8H2,1H3,(H,14,15). The fourth-order valence-corrected chi connectivity index (χ4v) is 2.21. The maximum Gasteiger partial charge on any atom is 0.227 e. The molecule has 2 N–H and O–H groups in total. The Bertz CT molecular complexity index is 241. The second-order valence-corrected chi connectivity index (χ2v) is 4.83. The molecule has 0 aromatic carbocycles. The van der Waals surface area contributed by atoms with Crippen LogP contribution in [0.4, 0.5) is 0 Å². The van der Waals surface area contributed by atoms with Gasteiger partial charge in [0.15, 0.2) is 0 Å². The molecule has 0 bridgehead atoms. The van der Waals surface area contributed by atoms with E-state index in [-0.39, 0.29) is 17.9 Å². The average Bonchev–Trinajstić information content (AvgIpc) is 2.97. The lowest BCUT2D eigenvalue weighted by molar-refractivity contribution is -0.125. The van der Waals surface area contributed by atoms with Crippen LogP contribution in [0.25, 0.3) is 0 Å². The molecule has 0 spiro atoms. The minimum absolute atomic E-state index is 0.000784. The molecule has 0 aromatic heterocycles. The molecule has 92 valence electrons. The third kappa shape index (κ3) is 3.19. The summed E-state index contributed by atoms with van der Waals surface area (Å²) in [6, 6.07) is 0.200. The summed E-state index contributed by atoms with van der Waals surface area (Å²) in [7, 11) is 0. The summed E-state index contributed by atoms with van der Waals surface area (Å²) in [4.78, 5) is 11.9. The van der Waals surface area contributed by atoms with Gasteiger partial charge in [0.2, 0.25) is 5.91 Å². The minimum atomic E-state index is -0.000784. The Morgan fingerprint density at radius 1 is 1.38 bits per heavy atom. The molecule has 0 radical (unpaired) electrons. The Morgan fingerprint density at radius 2 is 2.19 bits per heavy atom. The number of carbonyl (C=O) groups excluding carboxylic acids is 1. The molecule has 1 amide bonds. The highest BCUT2D eigenvalue weighted by atomic mass is 16.5. The normalized spacial score (nSPS) is 29.3. The lowest BCUT2D eigenvalue weighted by Gasteiger charge is -2.17. The molecule has 4 heteroatoms. The van der Waals surface area contributed by atoms with E-state index in [0.29, 0.717) is 13.2 Å². The van der Waals surface area contributed by atoms with Crippen LogP contribution in [-0.4, -0.2) is 38.3 Å². The Labute approximate surface area is 97.1 Å². The van der Waals surface area contributed by atoms with E-state index in [1.807, 2.05) is 0 Å². The summed E-state index contributed by atoms with van der Waals surface area (Å²) >= 11 is 0. The second-order valence-electron chi connectivity index (χ2n) is 4.83. The topological polar surface area (TPSA) is 50.4 Å². The number of hydrogen-bond donors (Lipinski definition) is 2. The predicted octanol–water partition coefficient (Wildman–Crippen LogP) is 0.527. The molecule has 2 fully saturated rings. The van der Waals surface area contributed by atoms with E-state index in [1.165, 1.54) is 12.8 Å². The van der Waals surface area contributed by atoms with Crippen molar-refractivity contribution in [1.29, 1.82) is 0 Å². The predicted molar refractivity (Wildman–Crippen MR) is 62.1 cm³/mol. The van der Waals surface area contributed by atoms with Crippen molar-refractivity contribution in [2.45, 2.75) is 32.2 Å². The van der Waals surface area contributed by atoms with Crippen LogP contribution < -0.4 is 10.6 Å². The van der Waals surface area contributed by atoms with Crippen LogP contribution in [0.1, 0.15) is 26.2 Å². The van der Waals surface area contributed by atoms with Gasteiger partial charge in [-0.25, -0.2) is 0 Å². The fourth-order valence-electron chi connectivity index (χ4n) is 2.21. The fraction of sp³-hybridized carbons (Fsp3) is 0.917. The number of carbonyl (C=O) groups is 1. The highest BCUT2D eigenvalue weighted by Crippen LogP contribution is 2.31. The molecule has 1 aliphatic heterocycles. The van der Waals surface area contributed by atoms with Gasteiger partial charge >= 0.3 is 0 Å². The van der Waals surface area contributed by atoms with E-state index in [9.17, 15) is 4.79 Å². The molecule has 2 unspecified atom stereocenters. The van der Waals surface area contributed by atoms with Crippen LogP contribution in [0.2, 0.25) is 0 Å². The van der Waals surface area contributed by atoms with Gasteiger partial charge < -0.3 is 15.4 Å². The van der Waals surface area contributed by atoms with Gasteiger partial charge in [-0.2, -0.15) is 0 Å². The van der Waals surface area contributed by atoms with Crippen LogP contribution in [0.15, 0.2) is 0 Å². The van der Waals surface area contributed by atoms with Crippen LogP contribution >= 0.6 is 0 Å². The van der Waals surface area contributed by atoms with Crippen molar-refractivity contribution >= 4 is 5.91 Å². The minimum Gasteiger partial charge on any atom is -0.379 e. The van der Waals surface area contributed by atoms with Crippen LogP contribution in [0.5, 0.6) is 0 Å². The highest BCUT2D eigenvalue weighted by Gasteiger charge is 2.33. The number of nitrogens with one attached hydrogen (secondary N) is 2. The highest BCUT2D eigenvalue weighted by molar-refractivity contribution is 5.79. The third-order valence-corrected chi connectivity index (χ3v) is 3.43. The van der Waals surface area contributed by atoms with E-state index in [2.05, 4.69) is 17.6 Å². The zero-order valence-corrected chi connectivity index (χ0v) is 10.00. The zero-order chi connectivity index (χ0) is 11.4. The number of ether oxygens (including phenoxy) is 1. The number of likely N-dealkylation sites (N-methyl/N-ethyl adjacent to an activating group) is 1. The third-order valence-electron chi connectivity index (χ3n) is 3.43. The maximum atomic E-state index is 11.9. The number of hydrogen-bond acceptors (Lipinski definition) is 3. The molecule has 0 aromatic rings. The van der Waals surface area contributed by atoms with Gasteiger partial charge in [0, 0.05) is 12.6 Å². The zero-order valence-electron chi connectivity index (χ0n) is 10.00. The van der Waals surface area contributed by atoms with Crippen molar-refractivity contribution in [2.75, 3.05) is 26.3 Å². The molecule has 1 saturated carbocycles. The lowest BCUT2D eigenvalue weighted by atomic mass is 10.0. The smallest absolute Gasteiger partial charge is 0.227 e. The summed E-state index contributed by atoms with van der Waals surface area (Å²) in [5, 5.41) is 6.33. The molecular formula is C12H22N2O2. The van der Waals surface area contributed by atoms with E-state index in [4.69, 9.17) is 4.74 Å². The summed E-state index contributed by atoms with van der Waals surface area (Å²) in [6.45, 7) is 5.00. The van der Waals surface area contributed by atoms with E-state index < -0.39 is 0 Å². The van der Waals surface area contributed by atoms with Gasteiger partial charge in [0.05, 0.1) is 19.1 Å². The first-order valence-electron chi connectivity index (χ1n) is 6.40. The molecule has 2 atom stereocenters.